The van der Waals surface area contributed by atoms with Crippen molar-refractivity contribution in [3.8, 4) is 0 Å². The molecule has 124 valence electrons. The van der Waals surface area contributed by atoms with Gasteiger partial charge in [0.25, 0.3) is 0 Å². The molecule has 0 atom stereocenters. The summed E-state index contributed by atoms with van der Waals surface area (Å²) in [6.07, 6.45) is 13.2. The fourth-order valence-electron chi connectivity index (χ4n) is 2.66. The van der Waals surface area contributed by atoms with Gasteiger partial charge in [-0.15, -0.1) is 0 Å². The van der Waals surface area contributed by atoms with Crippen LogP contribution in [0.3, 0.4) is 0 Å². The first-order chi connectivity index (χ1) is 10.8. The van der Waals surface area contributed by atoms with Crippen LogP contribution in [-0.2, 0) is 0 Å². The zero-order chi connectivity index (χ0) is 16.0. The lowest BCUT2D eigenvalue weighted by molar-refractivity contribution is 0.0698. The van der Waals surface area contributed by atoms with Crippen LogP contribution in [0.1, 0.15) is 81.5 Å². The fourth-order valence-corrected chi connectivity index (χ4v) is 2.66. The molecule has 3 nitrogen and oxygen atoms in total. The van der Waals surface area contributed by atoms with Crippen molar-refractivity contribution in [3.63, 3.8) is 0 Å². The molecule has 1 aromatic rings. The smallest absolute Gasteiger partial charge is 0.337 e. The molecule has 0 fully saturated rings. The van der Waals surface area contributed by atoms with Crippen LogP contribution in [0.15, 0.2) is 24.3 Å². The van der Waals surface area contributed by atoms with E-state index in [9.17, 15) is 4.79 Å². The van der Waals surface area contributed by atoms with Crippen molar-refractivity contribution in [2.75, 3.05) is 11.9 Å². The van der Waals surface area contributed by atoms with Gasteiger partial charge in [-0.3, -0.25) is 0 Å². The number of anilines is 1. The number of carboxylic acids is 1. The Kier molecular flexibility index (Phi) is 10.2. The van der Waals surface area contributed by atoms with Crippen LogP contribution < -0.4 is 5.32 Å². The van der Waals surface area contributed by atoms with E-state index in [0.717, 1.165) is 18.7 Å². The number of rotatable bonds is 13. The van der Waals surface area contributed by atoms with Crippen molar-refractivity contribution >= 4 is 11.7 Å². The largest absolute Gasteiger partial charge is 0.478 e. The van der Waals surface area contributed by atoms with E-state index in [-0.39, 0.29) is 0 Å². The number of hydrogen-bond donors (Lipinski definition) is 2. The summed E-state index contributed by atoms with van der Waals surface area (Å²) in [7, 11) is 0. The molecular weight excluding hydrogens is 274 g/mol. The second-order valence-corrected chi connectivity index (χ2v) is 5.96. The van der Waals surface area contributed by atoms with Crippen LogP contribution in [0.5, 0.6) is 0 Å². The Bertz CT molecular complexity index is 418. The molecule has 1 aromatic carbocycles. The lowest BCUT2D eigenvalue weighted by Gasteiger charge is -2.09. The highest BCUT2D eigenvalue weighted by Crippen LogP contribution is 2.15. The van der Waals surface area contributed by atoms with Gasteiger partial charge in [-0.05, 0) is 18.6 Å². The van der Waals surface area contributed by atoms with Crippen molar-refractivity contribution in [3.05, 3.63) is 29.8 Å². The van der Waals surface area contributed by atoms with Crippen molar-refractivity contribution in [2.24, 2.45) is 0 Å². The first-order valence-corrected chi connectivity index (χ1v) is 8.82. The summed E-state index contributed by atoms with van der Waals surface area (Å²) in [5, 5.41) is 12.3. The monoisotopic (exact) mass is 305 g/mol. The highest BCUT2D eigenvalue weighted by Gasteiger charge is 2.07. The molecule has 0 aromatic heterocycles. The quantitative estimate of drug-likeness (QED) is 0.458. The fraction of sp³-hybridized carbons (Fsp3) is 0.632. The Morgan fingerprint density at radius 2 is 1.45 bits per heavy atom. The molecule has 0 aliphatic heterocycles. The average Bonchev–Trinajstić information content (AvgIpc) is 2.53. The maximum absolute atomic E-state index is 11.1. The third kappa shape index (κ3) is 8.06. The van der Waals surface area contributed by atoms with Crippen molar-refractivity contribution in [1.29, 1.82) is 0 Å². The number of unbranched alkanes of at least 4 members (excludes halogenated alkanes) is 9. The molecule has 0 aliphatic rings. The van der Waals surface area contributed by atoms with Gasteiger partial charge in [0.05, 0.1) is 5.56 Å². The molecule has 0 radical (unpaired) electrons. The first-order valence-electron chi connectivity index (χ1n) is 8.82. The molecule has 0 aliphatic carbocycles. The minimum atomic E-state index is -0.869. The van der Waals surface area contributed by atoms with E-state index in [2.05, 4.69) is 12.2 Å². The summed E-state index contributed by atoms with van der Waals surface area (Å²) in [6.45, 7) is 3.10. The van der Waals surface area contributed by atoms with Gasteiger partial charge < -0.3 is 10.4 Å². The summed E-state index contributed by atoms with van der Waals surface area (Å²) in [5.41, 5.74) is 1.08. The Balaban J connectivity index is 2.01. The van der Waals surface area contributed by atoms with Crippen LogP contribution >= 0.6 is 0 Å². The Morgan fingerprint density at radius 1 is 0.909 bits per heavy atom. The molecule has 0 amide bonds. The number of carboxylic acid groups (broad SMARTS) is 1. The van der Waals surface area contributed by atoms with E-state index in [1.807, 2.05) is 12.1 Å². The van der Waals surface area contributed by atoms with Gasteiger partial charge in [-0.25, -0.2) is 4.79 Å². The van der Waals surface area contributed by atoms with E-state index in [4.69, 9.17) is 5.11 Å². The third-order valence-electron chi connectivity index (χ3n) is 4.00. The Labute approximate surface area is 135 Å². The van der Waals surface area contributed by atoms with Gasteiger partial charge in [-0.2, -0.15) is 0 Å². The average molecular weight is 305 g/mol. The van der Waals surface area contributed by atoms with Gasteiger partial charge in [0, 0.05) is 12.2 Å². The number of aromatic carboxylic acids is 1. The van der Waals surface area contributed by atoms with Crippen molar-refractivity contribution in [1.82, 2.24) is 0 Å². The molecule has 0 bridgehead atoms. The summed E-state index contributed by atoms with van der Waals surface area (Å²) in [5.74, 6) is -0.869. The lowest BCUT2D eigenvalue weighted by atomic mass is 10.1. The van der Waals surface area contributed by atoms with Gasteiger partial charge >= 0.3 is 5.97 Å². The van der Waals surface area contributed by atoms with Crippen molar-refractivity contribution in [2.45, 2.75) is 71.1 Å². The van der Waals surface area contributed by atoms with Gasteiger partial charge in [0.1, 0.15) is 0 Å². The zero-order valence-corrected chi connectivity index (χ0v) is 13.9. The number of benzene rings is 1. The standard InChI is InChI=1S/C19H31NO2/c1-2-3-4-5-6-7-8-9-10-13-16-20-18-15-12-11-14-17(18)19(21)22/h11-12,14-15,20H,2-10,13,16H2,1H3,(H,21,22). The van der Waals surface area contributed by atoms with E-state index in [0.29, 0.717) is 5.56 Å². The zero-order valence-electron chi connectivity index (χ0n) is 13.9. The minimum Gasteiger partial charge on any atom is -0.478 e. The summed E-state index contributed by atoms with van der Waals surface area (Å²) >= 11 is 0. The minimum absolute atomic E-state index is 0.356. The highest BCUT2D eigenvalue weighted by molar-refractivity contribution is 5.94. The number of nitrogens with one attached hydrogen (secondary N) is 1. The molecular formula is C19H31NO2. The summed E-state index contributed by atoms with van der Waals surface area (Å²) < 4.78 is 0. The summed E-state index contributed by atoms with van der Waals surface area (Å²) in [4.78, 5) is 11.1. The molecule has 22 heavy (non-hydrogen) atoms. The van der Waals surface area contributed by atoms with Crippen LogP contribution in [0, 0.1) is 0 Å². The molecule has 0 unspecified atom stereocenters. The molecule has 0 heterocycles. The molecule has 0 saturated carbocycles. The van der Waals surface area contributed by atoms with Crippen LogP contribution in [0.4, 0.5) is 5.69 Å². The van der Waals surface area contributed by atoms with Crippen LogP contribution in [-0.4, -0.2) is 17.6 Å². The summed E-state index contributed by atoms with van der Waals surface area (Å²) in [6, 6.07) is 7.10. The SMILES string of the molecule is CCCCCCCCCCCCNc1ccccc1C(=O)O. The highest BCUT2D eigenvalue weighted by atomic mass is 16.4. The van der Waals surface area contributed by atoms with Gasteiger partial charge in [0.2, 0.25) is 0 Å². The second-order valence-electron chi connectivity index (χ2n) is 5.96. The van der Waals surface area contributed by atoms with E-state index in [1.165, 1.54) is 57.8 Å². The van der Waals surface area contributed by atoms with E-state index < -0.39 is 5.97 Å². The van der Waals surface area contributed by atoms with Gasteiger partial charge in [0.15, 0.2) is 0 Å². The maximum Gasteiger partial charge on any atom is 0.337 e. The van der Waals surface area contributed by atoms with Gasteiger partial charge in [-0.1, -0.05) is 76.8 Å². The Morgan fingerprint density at radius 3 is 2.05 bits per heavy atom. The number of carbonyl (C=O) groups is 1. The number of hydrogen-bond acceptors (Lipinski definition) is 2. The molecule has 0 spiro atoms. The predicted octanol–water partition coefficient (Wildman–Crippen LogP) is 5.72. The normalized spacial score (nSPS) is 10.6. The first kappa shape index (κ1) is 18.5. The van der Waals surface area contributed by atoms with E-state index >= 15 is 0 Å². The predicted molar refractivity (Wildman–Crippen MR) is 93.7 cm³/mol. The molecule has 3 heteroatoms. The van der Waals surface area contributed by atoms with Crippen LogP contribution in [0.2, 0.25) is 0 Å². The molecule has 0 saturated heterocycles. The number of para-hydroxylation sites is 1. The molecule has 1 rings (SSSR count). The maximum atomic E-state index is 11.1. The topological polar surface area (TPSA) is 49.3 Å². The second kappa shape index (κ2) is 12.1. The third-order valence-corrected chi connectivity index (χ3v) is 4.00. The molecule has 2 N–H and O–H groups in total. The van der Waals surface area contributed by atoms with Crippen LogP contribution in [0.25, 0.3) is 0 Å². The van der Waals surface area contributed by atoms with Crippen molar-refractivity contribution < 1.29 is 9.90 Å². The Hall–Kier alpha value is -1.51. The van der Waals surface area contributed by atoms with E-state index in [1.54, 1.807) is 12.1 Å². The lowest BCUT2D eigenvalue weighted by Crippen LogP contribution is -2.07.